The maximum atomic E-state index is 12.1. The van der Waals surface area contributed by atoms with E-state index in [0.717, 1.165) is 28.9 Å². The molecule has 0 unspecified atom stereocenters. The molecule has 0 saturated carbocycles. The van der Waals surface area contributed by atoms with Gasteiger partial charge in [0.2, 0.25) is 11.8 Å². The number of carbonyl (C=O) groups excluding carboxylic acids is 2. The highest BCUT2D eigenvalue weighted by atomic mass is 16.5. The molecule has 5 nitrogen and oxygen atoms in total. The van der Waals surface area contributed by atoms with Crippen molar-refractivity contribution in [3.05, 3.63) is 71.3 Å². The first kappa shape index (κ1) is 16.8. The second-order valence-corrected chi connectivity index (χ2v) is 5.95. The topological polar surface area (TPSA) is 81.4 Å². The maximum Gasteiger partial charge on any atom is 0.244 e. The third-order valence-electron chi connectivity index (χ3n) is 4.08. The number of carbonyl (C=O) groups is 2. The first-order valence-electron chi connectivity index (χ1n) is 8.19. The van der Waals surface area contributed by atoms with Crippen LogP contribution in [0.1, 0.15) is 16.7 Å². The summed E-state index contributed by atoms with van der Waals surface area (Å²) in [5.74, 6) is -0.00461. The van der Waals surface area contributed by atoms with Crippen LogP contribution in [0, 0.1) is 0 Å². The Morgan fingerprint density at radius 3 is 2.76 bits per heavy atom. The maximum absolute atomic E-state index is 12.1. The lowest BCUT2D eigenvalue weighted by Gasteiger charge is -2.14. The van der Waals surface area contributed by atoms with Crippen molar-refractivity contribution in [2.45, 2.75) is 18.9 Å². The number of hydrogen-bond acceptors (Lipinski definition) is 3. The van der Waals surface area contributed by atoms with Gasteiger partial charge in [-0.3, -0.25) is 9.59 Å². The minimum atomic E-state index is -0.743. The zero-order valence-electron chi connectivity index (χ0n) is 13.8. The van der Waals surface area contributed by atoms with Crippen LogP contribution in [0.4, 0.5) is 0 Å². The van der Waals surface area contributed by atoms with Gasteiger partial charge in [-0.25, -0.2) is 0 Å². The number of rotatable bonds is 6. The number of primary amides is 1. The molecule has 1 atom stereocenters. The van der Waals surface area contributed by atoms with Crippen molar-refractivity contribution >= 4 is 17.9 Å². The van der Waals surface area contributed by atoms with Crippen LogP contribution < -0.4 is 15.8 Å². The van der Waals surface area contributed by atoms with Crippen LogP contribution in [0.25, 0.3) is 6.08 Å². The molecule has 0 aliphatic carbocycles. The molecule has 1 aliphatic rings. The van der Waals surface area contributed by atoms with Crippen LogP contribution in [-0.4, -0.2) is 24.5 Å². The van der Waals surface area contributed by atoms with Gasteiger partial charge in [0.1, 0.15) is 11.8 Å². The Morgan fingerprint density at radius 1 is 1.20 bits per heavy atom. The summed E-state index contributed by atoms with van der Waals surface area (Å²) in [7, 11) is 0. The fourth-order valence-corrected chi connectivity index (χ4v) is 2.77. The van der Waals surface area contributed by atoms with E-state index in [0.29, 0.717) is 13.0 Å². The molecule has 0 radical (unpaired) electrons. The summed E-state index contributed by atoms with van der Waals surface area (Å²) in [5, 5.41) is 2.66. The highest BCUT2D eigenvalue weighted by Crippen LogP contribution is 2.26. The number of fused-ring (bicyclic) bond motifs is 1. The zero-order chi connectivity index (χ0) is 17.6. The molecular formula is C20H20N2O3. The molecule has 128 valence electrons. The molecular weight excluding hydrogens is 316 g/mol. The fraction of sp³-hybridized carbons (Fsp3) is 0.200. The first-order chi connectivity index (χ1) is 12.1. The standard InChI is InChI=1S/C20H20N2O3/c21-20(24)17(13-14-4-2-1-3-5-14)22-19(23)9-7-15-6-8-18-16(12-15)10-11-25-18/h1-9,12,17H,10-11,13H2,(H2,21,24)(H,22,23)/b9-7+/t17-/m0/s1. The van der Waals surface area contributed by atoms with Gasteiger partial charge >= 0.3 is 0 Å². The zero-order valence-corrected chi connectivity index (χ0v) is 13.8. The van der Waals surface area contributed by atoms with E-state index in [2.05, 4.69) is 5.32 Å². The van der Waals surface area contributed by atoms with E-state index in [-0.39, 0.29) is 5.91 Å². The van der Waals surface area contributed by atoms with Crippen LogP contribution in [0.5, 0.6) is 5.75 Å². The summed E-state index contributed by atoms with van der Waals surface area (Å²) < 4.78 is 5.46. The Bertz CT molecular complexity index is 800. The van der Waals surface area contributed by atoms with Crippen LogP contribution in [-0.2, 0) is 22.4 Å². The molecule has 2 aromatic carbocycles. The molecule has 1 aliphatic heterocycles. The van der Waals surface area contributed by atoms with Gasteiger partial charge in [0.05, 0.1) is 6.61 Å². The second-order valence-electron chi connectivity index (χ2n) is 5.95. The number of benzene rings is 2. The van der Waals surface area contributed by atoms with E-state index in [1.165, 1.54) is 6.08 Å². The summed E-state index contributed by atoms with van der Waals surface area (Å²) in [5.41, 5.74) is 8.40. The number of nitrogens with one attached hydrogen (secondary N) is 1. The second kappa shape index (κ2) is 7.66. The average Bonchev–Trinajstić information content (AvgIpc) is 3.08. The van der Waals surface area contributed by atoms with Crippen molar-refractivity contribution in [2.24, 2.45) is 5.73 Å². The third-order valence-corrected chi connectivity index (χ3v) is 4.08. The van der Waals surface area contributed by atoms with Gasteiger partial charge in [0.15, 0.2) is 0 Å². The molecule has 3 rings (SSSR count). The van der Waals surface area contributed by atoms with Crippen molar-refractivity contribution in [3.63, 3.8) is 0 Å². The van der Waals surface area contributed by atoms with Crippen LogP contribution in [0.15, 0.2) is 54.6 Å². The molecule has 2 amide bonds. The highest BCUT2D eigenvalue weighted by molar-refractivity contribution is 5.95. The summed E-state index contributed by atoms with van der Waals surface area (Å²) >= 11 is 0. The molecule has 3 N–H and O–H groups in total. The van der Waals surface area contributed by atoms with E-state index in [9.17, 15) is 9.59 Å². The van der Waals surface area contributed by atoms with Crippen molar-refractivity contribution in [2.75, 3.05) is 6.61 Å². The van der Waals surface area contributed by atoms with E-state index in [1.54, 1.807) is 6.08 Å². The fourth-order valence-electron chi connectivity index (χ4n) is 2.77. The number of ether oxygens (including phenoxy) is 1. The molecule has 0 spiro atoms. The Labute approximate surface area is 146 Å². The summed E-state index contributed by atoms with van der Waals surface area (Å²) in [6.07, 6.45) is 4.38. The van der Waals surface area contributed by atoms with Gasteiger partial charge in [-0.15, -0.1) is 0 Å². The van der Waals surface area contributed by atoms with Gasteiger partial charge in [0.25, 0.3) is 0 Å². The first-order valence-corrected chi connectivity index (χ1v) is 8.19. The van der Waals surface area contributed by atoms with Gasteiger partial charge in [0, 0.05) is 18.9 Å². The molecule has 5 heteroatoms. The predicted octanol–water partition coefficient (Wildman–Crippen LogP) is 1.85. The van der Waals surface area contributed by atoms with Crippen molar-refractivity contribution < 1.29 is 14.3 Å². The summed E-state index contributed by atoms with van der Waals surface area (Å²) in [6.45, 7) is 0.697. The summed E-state index contributed by atoms with van der Waals surface area (Å²) in [4.78, 5) is 23.7. The van der Waals surface area contributed by atoms with E-state index >= 15 is 0 Å². The Balaban J connectivity index is 1.62. The smallest absolute Gasteiger partial charge is 0.244 e. The largest absolute Gasteiger partial charge is 0.493 e. The van der Waals surface area contributed by atoms with Crippen molar-refractivity contribution in [1.29, 1.82) is 0 Å². The van der Waals surface area contributed by atoms with Crippen LogP contribution >= 0.6 is 0 Å². The lowest BCUT2D eigenvalue weighted by Crippen LogP contribution is -2.45. The van der Waals surface area contributed by atoms with E-state index < -0.39 is 11.9 Å². The van der Waals surface area contributed by atoms with E-state index in [4.69, 9.17) is 10.5 Å². The van der Waals surface area contributed by atoms with Gasteiger partial charge in [-0.05, 0) is 34.9 Å². The highest BCUT2D eigenvalue weighted by Gasteiger charge is 2.17. The number of nitrogens with two attached hydrogens (primary N) is 1. The van der Waals surface area contributed by atoms with Gasteiger partial charge < -0.3 is 15.8 Å². The molecule has 0 saturated heterocycles. The van der Waals surface area contributed by atoms with E-state index in [1.807, 2.05) is 48.5 Å². The average molecular weight is 336 g/mol. The normalized spacial score (nSPS) is 13.9. The molecule has 2 aromatic rings. The monoisotopic (exact) mass is 336 g/mol. The lowest BCUT2D eigenvalue weighted by atomic mass is 10.1. The van der Waals surface area contributed by atoms with Crippen molar-refractivity contribution in [1.82, 2.24) is 5.32 Å². The van der Waals surface area contributed by atoms with Crippen LogP contribution in [0.3, 0.4) is 0 Å². The van der Waals surface area contributed by atoms with Crippen molar-refractivity contribution in [3.8, 4) is 5.75 Å². The quantitative estimate of drug-likeness (QED) is 0.790. The Morgan fingerprint density at radius 2 is 2.00 bits per heavy atom. The lowest BCUT2D eigenvalue weighted by molar-refractivity contribution is -0.124. The SMILES string of the molecule is NC(=O)[C@H](Cc1ccccc1)NC(=O)/C=C/c1ccc2c(c1)CCO2. The van der Waals surface area contributed by atoms with Gasteiger partial charge in [-0.2, -0.15) is 0 Å². The Hall–Kier alpha value is -3.08. The molecule has 0 aromatic heterocycles. The number of amides is 2. The minimum Gasteiger partial charge on any atom is -0.493 e. The molecule has 0 bridgehead atoms. The minimum absolute atomic E-state index is 0.350. The Kier molecular flexibility index (Phi) is 5.14. The predicted molar refractivity (Wildman–Crippen MR) is 95.9 cm³/mol. The number of hydrogen-bond donors (Lipinski definition) is 2. The summed E-state index contributed by atoms with van der Waals surface area (Å²) in [6, 6.07) is 14.5. The van der Waals surface area contributed by atoms with Crippen LogP contribution in [0.2, 0.25) is 0 Å². The molecule has 25 heavy (non-hydrogen) atoms. The third kappa shape index (κ3) is 4.47. The molecule has 1 heterocycles. The molecule has 0 fully saturated rings. The van der Waals surface area contributed by atoms with Gasteiger partial charge in [-0.1, -0.05) is 36.4 Å².